The average Bonchev–Trinajstić information content (AvgIpc) is 1.84. The minimum absolute atomic E-state index is 0.305. The molecule has 0 aliphatic carbocycles. The molecule has 0 radical (unpaired) electrons. The van der Waals surface area contributed by atoms with Gasteiger partial charge in [-0.2, -0.15) is 0 Å². The molecule has 54 valence electrons. The van der Waals surface area contributed by atoms with Crippen LogP contribution in [0.2, 0.25) is 0 Å². The van der Waals surface area contributed by atoms with Gasteiger partial charge in [-0.3, -0.25) is 4.79 Å². The summed E-state index contributed by atoms with van der Waals surface area (Å²) >= 11 is 10.5. The Bertz CT molecular complexity index is 105. The number of hydrogen-bond donors (Lipinski definition) is 1. The largest absolute Gasteiger partial charge is 0.321 e. The van der Waals surface area contributed by atoms with E-state index >= 15 is 0 Å². The quantitative estimate of drug-likeness (QED) is 0.644. The number of nitrogens with two attached hydrogens (primary N) is 1. The predicted molar refractivity (Wildman–Crippen MR) is 38.8 cm³/mol. The van der Waals surface area contributed by atoms with Crippen molar-refractivity contribution in [3.8, 4) is 0 Å². The second-order valence-corrected chi connectivity index (χ2v) is 2.81. The molecule has 0 fully saturated rings. The molecule has 2 N–H and O–H groups in total. The second kappa shape index (κ2) is 4.09. The third-order valence-corrected chi connectivity index (χ3v) is 1.45. The molecule has 0 spiro atoms. The summed E-state index contributed by atoms with van der Waals surface area (Å²) < 4.78 is 0. The number of ketones is 1. The zero-order valence-corrected chi connectivity index (χ0v) is 6.62. The number of rotatable bonds is 3. The zero-order chi connectivity index (χ0) is 7.44. The van der Waals surface area contributed by atoms with Crippen molar-refractivity contribution in [2.45, 2.75) is 24.2 Å². The van der Waals surface area contributed by atoms with Gasteiger partial charge in [-0.25, -0.2) is 0 Å². The third kappa shape index (κ3) is 3.04. The molecule has 0 aliphatic heterocycles. The van der Waals surface area contributed by atoms with Crippen LogP contribution in [0, 0.1) is 0 Å². The highest BCUT2D eigenvalue weighted by atomic mass is 35.5. The van der Waals surface area contributed by atoms with E-state index in [1.807, 2.05) is 0 Å². The van der Waals surface area contributed by atoms with E-state index in [1.165, 1.54) is 0 Å². The number of hydrogen-bond acceptors (Lipinski definition) is 2. The molecule has 0 aromatic carbocycles. The van der Waals surface area contributed by atoms with Gasteiger partial charge in [-0.15, -0.1) is 0 Å². The van der Waals surface area contributed by atoms with Crippen molar-refractivity contribution in [3.63, 3.8) is 0 Å². The first-order chi connectivity index (χ1) is 4.09. The topological polar surface area (TPSA) is 43.1 Å². The molecule has 2 nitrogen and oxygen atoms in total. The fraction of sp³-hybridized carbons (Fsp3) is 0.800. The number of carbonyl (C=O) groups is 1. The van der Waals surface area contributed by atoms with Crippen molar-refractivity contribution in [1.82, 2.24) is 0 Å². The zero-order valence-electron chi connectivity index (χ0n) is 5.10. The standard InChI is InChI=1S/C5H9Cl2NO/c1-2-3(8)4(9)5(6)7/h3,5H,2,8H2,1H3/t3-/m0/s1. The van der Waals surface area contributed by atoms with E-state index in [4.69, 9.17) is 28.9 Å². The second-order valence-electron chi connectivity index (χ2n) is 1.72. The summed E-state index contributed by atoms with van der Waals surface area (Å²) in [6, 6.07) is -0.509. The van der Waals surface area contributed by atoms with Gasteiger partial charge in [0.2, 0.25) is 0 Å². The first-order valence-corrected chi connectivity index (χ1v) is 3.54. The van der Waals surface area contributed by atoms with E-state index in [1.54, 1.807) is 6.92 Å². The van der Waals surface area contributed by atoms with Gasteiger partial charge in [-0.05, 0) is 6.42 Å². The molecule has 0 bridgehead atoms. The van der Waals surface area contributed by atoms with Gasteiger partial charge >= 0.3 is 0 Å². The monoisotopic (exact) mass is 169 g/mol. The summed E-state index contributed by atoms with van der Waals surface area (Å²) in [5.74, 6) is -0.305. The average molecular weight is 170 g/mol. The first-order valence-electron chi connectivity index (χ1n) is 2.67. The van der Waals surface area contributed by atoms with Crippen molar-refractivity contribution in [1.29, 1.82) is 0 Å². The number of Topliss-reactive ketones (excluding diaryl/α,β-unsaturated/α-hetero) is 1. The van der Waals surface area contributed by atoms with Crippen LogP contribution in [-0.4, -0.2) is 16.7 Å². The van der Waals surface area contributed by atoms with Crippen LogP contribution in [-0.2, 0) is 4.79 Å². The molecule has 0 aromatic rings. The van der Waals surface area contributed by atoms with Gasteiger partial charge in [0.1, 0.15) is 0 Å². The van der Waals surface area contributed by atoms with Crippen LogP contribution in [0.4, 0.5) is 0 Å². The Labute approximate surface area is 64.3 Å². The van der Waals surface area contributed by atoms with Gasteiger partial charge < -0.3 is 5.73 Å². The summed E-state index contributed by atoms with van der Waals surface area (Å²) in [5.41, 5.74) is 5.30. The molecular weight excluding hydrogens is 161 g/mol. The molecule has 0 saturated heterocycles. The van der Waals surface area contributed by atoms with E-state index in [2.05, 4.69) is 0 Å². The molecule has 0 amide bonds. The van der Waals surface area contributed by atoms with Crippen molar-refractivity contribution in [3.05, 3.63) is 0 Å². The Hall–Kier alpha value is 0.210. The maximum absolute atomic E-state index is 10.7. The lowest BCUT2D eigenvalue weighted by Gasteiger charge is -2.06. The smallest absolute Gasteiger partial charge is 0.182 e. The fourth-order valence-electron chi connectivity index (χ4n) is 0.363. The lowest BCUT2D eigenvalue weighted by Crippen LogP contribution is -2.33. The summed E-state index contributed by atoms with van der Waals surface area (Å²) in [4.78, 5) is 9.71. The Balaban J connectivity index is 3.73. The van der Waals surface area contributed by atoms with E-state index in [0.29, 0.717) is 6.42 Å². The Morgan fingerprint density at radius 1 is 1.67 bits per heavy atom. The minimum atomic E-state index is -0.972. The van der Waals surface area contributed by atoms with Crippen LogP contribution < -0.4 is 5.73 Å². The first kappa shape index (κ1) is 9.21. The van der Waals surface area contributed by atoms with Gasteiger partial charge in [0.05, 0.1) is 6.04 Å². The lowest BCUT2D eigenvalue weighted by molar-refractivity contribution is -0.118. The van der Waals surface area contributed by atoms with Crippen LogP contribution in [0.5, 0.6) is 0 Å². The summed E-state index contributed by atoms with van der Waals surface area (Å²) in [7, 11) is 0. The third-order valence-electron chi connectivity index (χ3n) is 1.02. The summed E-state index contributed by atoms with van der Waals surface area (Å²) in [5, 5.41) is 0. The highest BCUT2D eigenvalue weighted by Crippen LogP contribution is 2.05. The molecule has 0 heterocycles. The Kier molecular flexibility index (Phi) is 4.19. The van der Waals surface area contributed by atoms with Gasteiger partial charge in [0.15, 0.2) is 10.6 Å². The minimum Gasteiger partial charge on any atom is -0.321 e. The van der Waals surface area contributed by atoms with Crippen LogP contribution in [0.1, 0.15) is 13.3 Å². The van der Waals surface area contributed by atoms with Crippen LogP contribution in [0.3, 0.4) is 0 Å². The molecule has 0 saturated carbocycles. The maximum Gasteiger partial charge on any atom is 0.182 e. The van der Waals surface area contributed by atoms with E-state index in [-0.39, 0.29) is 5.78 Å². The van der Waals surface area contributed by atoms with Crippen molar-refractivity contribution in [2.24, 2.45) is 5.73 Å². The number of carbonyl (C=O) groups excluding carboxylic acids is 1. The molecule has 0 unspecified atom stereocenters. The number of alkyl halides is 2. The number of halogens is 2. The Morgan fingerprint density at radius 2 is 2.11 bits per heavy atom. The predicted octanol–water partition coefficient (Wildman–Crippen LogP) is 1.10. The van der Waals surface area contributed by atoms with E-state index in [0.717, 1.165) is 0 Å². The molecule has 0 aromatic heterocycles. The van der Waals surface area contributed by atoms with Gasteiger partial charge in [-0.1, -0.05) is 30.1 Å². The fourth-order valence-corrected chi connectivity index (χ4v) is 0.687. The molecular formula is C5H9Cl2NO. The van der Waals surface area contributed by atoms with Crippen LogP contribution >= 0.6 is 23.2 Å². The maximum atomic E-state index is 10.7. The molecule has 4 heteroatoms. The molecule has 9 heavy (non-hydrogen) atoms. The van der Waals surface area contributed by atoms with Crippen LogP contribution in [0.25, 0.3) is 0 Å². The van der Waals surface area contributed by atoms with E-state index < -0.39 is 10.9 Å². The lowest BCUT2D eigenvalue weighted by atomic mass is 10.2. The van der Waals surface area contributed by atoms with E-state index in [9.17, 15) is 4.79 Å². The van der Waals surface area contributed by atoms with Crippen molar-refractivity contribution >= 4 is 29.0 Å². The van der Waals surface area contributed by atoms with Gasteiger partial charge in [0, 0.05) is 0 Å². The molecule has 0 aliphatic rings. The van der Waals surface area contributed by atoms with Crippen LogP contribution in [0.15, 0.2) is 0 Å². The highest BCUT2D eigenvalue weighted by Gasteiger charge is 2.17. The Morgan fingerprint density at radius 3 is 2.22 bits per heavy atom. The normalized spacial score (nSPS) is 13.9. The molecule has 0 rings (SSSR count). The van der Waals surface area contributed by atoms with Gasteiger partial charge in [0.25, 0.3) is 0 Å². The highest BCUT2D eigenvalue weighted by molar-refractivity contribution is 6.54. The SMILES string of the molecule is CC[C@H](N)C(=O)C(Cl)Cl. The summed E-state index contributed by atoms with van der Waals surface area (Å²) in [6.45, 7) is 1.80. The van der Waals surface area contributed by atoms with Crippen molar-refractivity contribution in [2.75, 3.05) is 0 Å². The van der Waals surface area contributed by atoms with Crippen molar-refractivity contribution < 1.29 is 4.79 Å². The summed E-state index contributed by atoms with van der Waals surface area (Å²) in [6.07, 6.45) is 0.578. The molecule has 1 atom stereocenters.